The molecule has 4 aromatic rings. The first-order valence-electron chi connectivity index (χ1n) is 18.1. The third kappa shape index (κ3) is 12.4. The van der Waals surface area contributed by atoms with Crippen molar-refractivity contribution in [2.24, 2.45) is 10.9 Å². The minimum Gasteiger partial charge on any atom is -0.483 e. The number of unbranched alkanes of at least 4 members (excludes halogenated alkanes) is 3. The van der Waals surface area contributed by atoms with Gasteiger partial charge in [-0.05, 0) is 92.8 Å². The summed E-state index contributed by atoms with van der Waals surface area (Å²) in [7, 11) is 1.72. The molecule has 8 nitrogen and oxygen atoms in total. The summed E-state index contributed by atoms with van der Waals surface area (Å²) < 4.78 is 2.40. The molecule has 0 radical (unpaired) electrons. The van der Waals surface area contributed by atoms with Gasteiger partial charge in [-0.2, -0.15) is 0 Å². The summed E-state index contributed by atoms with van der Waals surface area (Å²) >= 11 is 0. The molecule has 2 N–H and O–H groups in total. The number of ketones is 2. The Labute approximate surface area is 299 Å². The second-order valence-electron chi connectivity index (χ2n) is 12.2. The fourth-order valence-electron chi connectivity index (χ4n) is 5.90. The van der Waals surface area contributed by atoms with Crippen LogP contribution in [0, 0.1) is 5.92 Å². The predicted octanol–water partition coefficient (Wildman–Crippen LogP) is 10.4. The molecule has 272 valence electrons. The normalized spacial score (nSPS) is 11.3. The number of carbonyl (C=O) groups excluding carboxylic acids is 3. The van der Waals surface area contributed by atoms with Crippen LogP contribution in [0.1, 0.15) is 126 Å². The number of aliphatic imine (C=N–C) groups is 1. The number of Topliss-reactive ketones (excluding diaryl/α,β-unsaturated/α-hetero) is 1. The molecule has 0 saturated heterocycles. The Balaban J connectivity index is 0.00000143. The maximum atomic E-state index is 13.6. The first kappa shape index (κ1) is 43.4. The van der Waals surface area contributed by atoms with Crippen LogP contribution in [0.5, 0.6) is 0 Å². The maximum Gasteiger partial charge on any atom is 0.290 e. The van der Waals surface area contributed by atoms with Gasteiger partial charge in [0.1, 0.15) is 6.79 Å². The topological polar surface area (TPSA) is 118 Å². The number of rotatable bonds is 16. The molecule has 3 aromatic carbocycles. The lowest BCUT2D eigenvalue weighted by Gasteiger charge is -2.17. The van der Waals surface area contributed by atoms with Crippen molar-refractivity contribution in [3.8, 4) is 0 Å². The molecule has 0 aliphatic heterocycles. The van der Waals surface area contributed by atoms with Crippen LogP contribution < -0.4 is 5.32 Å². The molecule has 8 heteroatoms. The third-order valence-electron chi connectivity index (χ3n) is 8.45. The molecular weight excluding hydrogens is 626 g/mol. The van der Waals surface area contributed by atoms with Crippen LogP contribution in [0.15, 0.2) is 65.7 Å². The quantitative estimate of drug-likeness (QED) is 0.0524. The minimum atomic E-state index is -0.250. The molecule has 1 unspecified atom stereocenters. The smallest absolute Gasteiger partial charge is 0.290 e. The summed E-state index contributed by atoms with van der Waals surface area (Å²) in [6.45, 7) is 16.5. The van der Waals surface area contributed by atoms with Crippen LogP contribution in [-0.2, 0) is 16.1 Å². The van der Waals surface area contributed by atoms with E-state index in [1.807, 2.05) is 55.3 Å². The maximum absolute atomic E-state index is 13.6. The van der Waals surface area contributed by atoms with E-state index in [0.717, 1.165) is 66.3 Å². The zero-order chi connectivity index (χ0) is 37.5. The monoisotopic (exact) mass is 685 g/mol. The molecule has 4 rings (SSSR count). The van der Waals surface area contributed by atoms with Gasteiger partial charge in [-0.25, -0.2) is 0 Å². The van der Waals surface area contributed by atoms with Crippen molar-refractivity contribution < 1.29 is 24.3 Å². The van der Waals surface area contributed by atoms with Crippen molar-refractivity contribution in [3.05, 3.63) is 77.4 Å². The van der Waals surface area contributed by atoms with Gasteiger partial charge in [0.25, 0.3) is 6.47 Å². The molecule has 1 atom stereocenters. The van der Waals surface area contributed by atoms with E-state index >= 15 is 0 Å². The van der Waals surface area contributed by atoms with E-state index in [4.69, 9.17) is 14.7 Å². The molecule has 0 amide bonds. The summed E-state index contributed by atoms with van der Waals surface area (Å²) in [6.07, 6.45) is 9.83. The first-order valence-corrected chi connectivity index (χ1v) is 18.1. The largest absolute Gasteiger partial charge is 0.483 e. The number of carboxylic acid groups (broad SMARTS) is 1. The van der Waals surface area contributed by atoms with Gasteiger partial charge in [0.2, 0.25) is 5.78 Å². The van der Waals surface area contributed by atoms with Crippen LogP contribution in [0.25, 0.3) is 21.8 Å². The van der Waals surface area contributed by atoms with Crippen molar-refractivity contribution >= 4 is 58.0 Å². The third-order valence-corrected chi connectivity index (χ3v) is 8.45. The predicted molar refractivity (Wildman–Crippen MR) is 210 cm³/mol. The lowest BCUT2D eigenvalue weighted by molar-refractivity contribution is -0.122. The molecule has 0 aliphatic carbocycles. The number of fused-ring (bicyclic) bond motifs is 3. The highest BCUT2D eigenvalue weighted by Gasteiger charge is 2.20. The number of aromatic nitrogens is 1. The zero-order valence-corrected chi connectivity index (χ0v) is 31.4. The van der Waals surface area contributed by atoms with Crippen LogP contribution in [0.4, 0.5) is 5.69 Å². The molecule has 0 bridgehead atoms. The molecule has 0 spiro atoms. The zero-order valence-electron chi connectivity index (χ0n) is 31.4. The highest BCUT2D eigenvalue weighted by atomic mass is 16.3. The van der Waals surface area contributed by atoms with Gasteiger partial charge in [0, 0.05) is 64.3 Å². The van der Waals surface area contributed by atoms with Crippen LogP contribution in [0.3, 0.4) is 0 Å². The molecule has 1 heterocycles. The van der Waals surface area contributed by atoms with Crippen molar-refractivity contribution in [1.29, 1.82) is 0 Å². The summed E-state index contributed by atoms with van der Waals surface area (Å²) in [4.78, 5) is 47.8. The van der Waals surface area contributed by atoms with E-state index < -0.39 is 0 Å². The summed E-state index contributed by atoms with van der Waals surface area (Å²) in [5, 5.41) is 12.2. The van der Waals surface area contributed by atoms with Gasteiger partial charge in [-0.3, -0.25) is 19.4 Å². The van der Waals surface area contributed by atoms with Crippen LogP contribution in [0.2, 0.25) is 0 Å². The van der Waals surface area contributed by atoms with E-state index in [1.54, 1.807) is 7.05 Å². The number of anilines is 1. The molecular formula is C42H59N3O5. The standard InChI is InChI=1S/C37H47N3O2.C3H8.CH2O2.CH2O/c1-6-10-12-14-33(38-5)37(42)29-18-22-35-32(24-29)31-23-28(36(41)27-15-19-30(20-16-27)39-9-4)17-21-34(31)40(35)25-26(8-3)13-11-7-2;1-3-2;2-1-3;1-2/h15-24,26,39H,6-14,25H2,1-5H3;3H2,1-2H3;1H,(H,2,3);1H2. The Hall–Kier alpha value is -4.59. The summed E-state index contributed by atoms with van der Waals surface area (Å²) in [5.41, 5.74) is 5.83. The van der Waals surface area contributed by atoms with Gasteiger partial charge in [-0.1, -0.05) is 73.1 Å². The Morgan fingerprint density at radius 2 is 1.34 bits per heavy atom. The second-order valence-corrected chi connectivity index (χ2v) is 12.2. The van der Waals surface area contributed by atoms with E-state index in [2.05, 4.69) is 68.6 Å². The van der Waals surface area contributed by atoms with Gasteiger partial charge >= 0.3 is 0 Å². The minimum absolute atomic E-state index is 0.00112. The van der Waals surface area contributed by atoms with Gasteiger partial charge in [0.15, 0.2) is 5.78 Å². The highest BCUT2D eigenvalue weighted by Crippen LogP contribution is 2.33. The average Bonchev–Trinajstić information content (AvgIpc) is 3.45. The lowest BCUT2D eigenvalue weighted by Crippen LogP contribution is -2.14. The first-order chi connectivity index (χ1) is 24.3. The van der Waals surface area contributed by atoms with Crippen LogP contribution in [-0.4, -0.2) is 53.8 Å². The lowest BCUT2D eigenvalue weighted by atomic mass is 9.98. The molecule has 0 aliphatic rings. The van der Waals surface area contributed by atoms with Crippen molar-refractivity contribution in [1.82, 2.24) is 4.57 Å². The Kier molecular flexibility index (Phi) is 21.3. The fraction of sp³-hybridized carbons (Fsp3) is 0.452. The summed E-state index contributed by atoms with van der Waals surface area (Å²) in [5.74, 6) is 0.566. The van der Waals surface area contributed by atoms with Crippen molar-refractivity contribution in [2.75, 3.05) is 18.9 Å². The average molecular weight is 686 g/mol. The van der Waals surface area contributed by atoms with Crippen LogP contribution >= 0.6 is 0 Å². The number of hydrogen-bond acceptors (Lipinski definition) is 6. The molecule has 0 saturated carbocycles. The van der Waals surface area contributed by atoms with E-state index in [9.17, 15) is 9.59 Å². The number of nitrogens with zero attached hydrogens (tertiary/aromatic N) is 2. The Morgan fingerprint density at radius 3 is 1.84 bits per heavy atom. The number of carbonyl (C=O) groups is 4. The Morgan fingerprint density at radius 1 is 0.820 bits per heavy atom. The second kappa shape index (κ2) is 24.5. The van der Waals surface area contributed by atoms with Gasteiger partial charge in [0.05, 0.1) is 5.71 Å². The molecule has 1 aromatic heterocycles. The van der Waals surface area contributed by atoms with E-state index in [-0.39, 0.29) is 18.0 Å². The molecule has 0 fully saturated rings. The number of benzene rings is 3. The van der Waals surface area contributed by atoms with Crippen molar-refractivity contribution in [3.63, 3.8) is 0 Å². The van der Waals surface area contributed by atoms with Gasteiger partial charge in [-0.15, -0.1) is 0 Å². The molecule has 50 heavy (non-hydrogen) atoms. The van der Waals surface area contributed by atoms with E-state index in [1.165, 1.54) is 25.7 Å². The SMILES string of the molecule is C=O.CCC.CCCCCC(=NC)C(=O)c1ccc2c(c1)c1cc(C(=O)c3ccc(NCC)cc3)ccc1n2CC(CC)CCCC.O=CO. The number of hydrogen-bond donors (Lipinski definition) is 2. The summed E-state index contributed by atoms with van der Waals surface area (Å²) in [6, 6.07) is 19.8. The number of nitrogens with one attached hydrogen (secondary N) is 1. The van der Waals surface area contributed by atoms with Gasteiger partial charge < -0.3 is 19.8 Å². The van der Waals surface area contributed by atoms with Crippen molar-refractivity contribution in [2.45, 2.75) is 106 Å². The highest BCUT2D eigenvalue weighted by molar-refractivity contribution is 6.46. The fourth-order valence-corrected chi connectivity index (χ4v) is 5.90. The Bertz CT molecular complexity index is 1640. The van der Waals surface area contributed by atoms with E-state index in [0.29, 0.717) is 34.7 Å².